The van der Waals surface area contributed by atoms with E-state index < -0.39 is 46.5 Å². The van der Waals surface area contributed by atoms with Gasteiger partial charge in [-0.3, -0.25) is 0 Å². The number of aromatic carboxylic acids is 1. The third-order valence-electron chi connectivity index (χ3n) is 2.52. The van der Waals surface area contributed by atoms with Crippen molar-refractivity contribution in [3.63, 3.8) is 0 Å². The van der Waals surface area contributed by atoms with Gasteiger partial charge in [-0.05, 0) is 22.0 Å². The monoisotopic (exact) mass is 393 g/mol. The predicted molar refractivity (Wildman–Crippen MR) is 76.8 cm³/mol. The third kappa shape index (κ3) is 4.25. The molecular weight excluding hydrogens is 384 g/mol. The summed E-state index contributed by atoms with van der Waals surface area (Å²) in [6, 6.07) is 0.802. The van der Waals surface area contributed by atoms with Crippen LogP contribution in [0.4, 0.5) is 14.5 Å². The molecule has 0 spiro atoms. The van der Waals surface area contributed by atoms with Crippen molar-refractivity contribution >= 4 is 39.5 Å². The van der Waals surface area contributed by atoms with E-state index in [0.29, 0.717) is 6.08 Å². The molecule has 124 valence electrons. The van der Waals surface area contributed by atoms with Crippen molar-refractivity contribution in [2.24, 2.45) is 0 Å². The summed E-state index contributed by atoms with van der Waals surface area (Å²) in [7, 11) is 2.06. The van der Waals surface area contributed by atoms with Crippen LogP contribution in [-0.4, -0.2) is 37.2 Å². The van der Waals surface area contributed by atoms with E-state index in [0.717, 1.165) is 20.3 Å². The largest absolute Gasteiger partial charge is 0.478 e. The standard InChI is InChI=1S/C13H10BrF2NO6/c1-22-8(18)4-7(13(21)23-2)17-11-6(14)3-5(12(19)20)9(15)10(11)16/h3-4,17H,1-2H3,(H,19,20)/b7-4+. The predicted octanol–water partition coefficient (Wildman–Crippen LogP) is 2.07. The average molecular weight is 394 g/mol. The van der Waals surface area contributed by atoms with Crippen molar-refractivity contribution in [3.05, 3.63) is 39.5 Å². The number of nitrogens with one attached hydrogen (secondary N) is 1. The molecule has 0 atom stereocenters. The number of carboxylic acid groups (broad SMARTS) is 1. The number of methoxy groups -OCH3 is 2. The molecule has 0 aromatic heterocycles. The number of halogens is 3. The van der Waals surface area contributed by atoms with Crippen LogP contribution in [0.25, 0.3) is 0 Å². The fraction of sp³-hybridized carbons (Fsp3) is 0.154. The van der Waals surface area contributed by atoms with Crippen molar-refractivity contribution in [1.29, 1.82) is 0 Å². The zero-order valence-corrected chi connectivity index (χ0v) is 13.4. The molecule has 10 heteroatoms. The summed E-state index contributed by atoms with van der Waals surface area (Å²) < 4.78 is 36.3. The Balaban J connectivity index is 3.38. The Labute approximate surface area is 137 Å². The highest BCUT2D eigenvalue weighted by molar-refractivity contribution is 9.10. The van der Waals surface area contributed by atoms with Gasteiger partial charge in [0, 0.05) is 4.47 Å². The first-order chi connectivity index (χ1) is 10.7. The molecule has 2 N–H and O–H groups in total. The van der Waals surface area contributed by atoms with Gasteiger partial charge in [-0.15, -0.1) is 0 Å². The SMILES string of the molecule is COC(=O)/C=C(/Nc1c(Br)cc(C(=O)O)c(F)c1F)C(=O)OC. The van der Waals surface area contributed by atoms with Crippen molar-refractivity contribution in [2.45, 2.75) is 0 Å². The van der Waals surface area contributed by atoms with Gasteiger partial charge < -0.3 is 19.9 Å². The number of carbonyl (C=O) groups is 3. The highest BCUT2D eigenvalue weighted by Gasteiger charge is 2.23. The zero-order chi connectivity index (χ0) is 17.7. The fourth-order valence-corrected chi connectivity index (χ4v) is 1.93. The molecule has 23 heavy (non-hydrogen) atoms. The van der Waals surface area contributed by atoms with Crippen LogP contribution in [0.5, 0.6) is 0 Å². The molecule has 0 saturated heterocycles. The summed E-state index contributed by atoms with van der Waals surface area (Å²) in [6.07, 6.45) is 0.667. The number of hydrogen-bond acceptors (Lipinski definition) is 6. The van der Waals surface area contributed by atoms with Gasteiger partial charge in [0.05, 0.1) is 31.5 Å². The van der Waals surface area contributed by atoms with Crippen LogP contribution < -0.4 is 5.32 Å². The molecule has 1 aromatic carbocycles. The third-order valence-corrected chi connectivity index (χ3v) is 3.14. The molecule has 7 nitrogen and oxygen atoms in total. The zero-order valence-electron chi connectivity index (χ0n) is 11.8. The van der Waals surface area contributed by atoms with Gasteiger partial charge in [0.1, 0.15) is 5.70 Å². The minimum atomic E-state index is -1.67. The van der Waals surface area contributed by atoms with E-state index in [-0.39, 0.29) is 4.47 Å². The first kappa shape index (κ1) is 18.6. The maximum atomic E-state index is 14.0. The van der Waals surface area contributed by atoms with Gasteiger partial charge in [0.25, 0.3) is 0 Å². The van der Waals surface area contributed by atoms with E-state index in [4.69, 9.17) is 5.11 Å². The number of ether oxygens (including phenoxy) is 2. The number of benzene rings is 1. The molecule has 1 rings (SSSR count). The Kier molecular flexibility index (Phi) is 6.19. The number of esters is 2. The van der Waals surface area contributed by atoms with Crippen molar-refractivity contribution in [2.75, 3.05) is 19.5 Å². The molecule has 0 amide bonds. The smallest absolute Gasteiger partial charge is 0.354 e. The second-order valence-electron chi connectivity index (χ2n) is 3.91. The highest BCUT2D eigenvalue weighted by atomic mass is 79.9. The summed E-state index contributed by atoms with van der Waals surface area (Å²) in [5.74, 6) is -6.87. The summed E-state index contributed by atoms with van der Waals surface area (Å²) in [6.45, 7) is 0. The topological polar surface area (TPSA) is 102 Å². The van der Waals surface area contributed by atoms with Crippen molar-refractivity contribution in [3.8, 4) is 0 Å². The summed E-state index contributed by atoms with van der Waals surface area (Å²) >= 11 is 2.86. The van der Waals surface area contributed by atoms with Crippen LogP contribution in [0.2, 0.25) is 0 Å². The number of rotatable bonds is 5. The normalized spacial score (nSPS) is 10.9. The molecule has 0 aliphatic carbocycles. The second-order valence-corrected chi connectivity index (χ2v) is 4.77. The van der Waals surface area contributed by atoms with Gasteiger partial charge in [0.2, 0.25) is 0 Å². The summed E-state index contributed by atoms with van der Waals surface area (Å²) in [5.41, 5.74) is -2.04. The quantitative estimate of drug-likeness (QED) is 0.448. The van der Waals surface area contributed by atoms with Crippen molar-refractivity contribution < 1.29 is 37.7 Å². The maximum absolute atomic E-state index is 14.0. The molecule has 0 heterocycles. The summed E-state index contributed by atoms with van der Waals surface area (Å²) in [4.78, 5) is 33.6. The van der Waals surface area contributed by atoms with Gasteiger partial charge in [-0.1, -0.05) is 0 Å². The fourth-order valence-electron chi connectivity index (χ4n) is 1.43. The molecule has 0 radical (unpaired) electrons. The Morgan fingerprint density at radius 3 is 2.30 bits per heavy atom. The number of carboxylic acids is 1. The Morgan fingerprint density at radius 1 is 1.22 bits per heavy atom. The Morgan fingerprint density at radius 2 is 1.83 bits per heavy atom. The lowest BCUT2D eigenvalue weighted by Gasteiger charge is -2.13. The number of hydrogen-bond donors (Lipinski definition) is 2. The van der Waals surface area contributed by atoms with Crippen LogP contribution in [0.15, 0.2) is 22.3 Å². The summed E-state index contributed by atoms with van der Waals surface area (Å²) in [5, 5.41) is 10.9. The molecule has 1 aromatic rings. The van der Waals surface area contributed by atoms with Crippen LogP contribution in [0.1, 0.15) is 10.4 Å². The molecule has 0 fully saturated rings. The van der Waals surface area contributed by atoms with Gasteiger partial charge in [-0.25, -0.2) is 23.2 Å². The molecular formula is C13H10BrF2NO6. The lowest BCUT2D eigenvalue weighted by molar-refractivity contribution is -0.138. The number of anilines is 1. The van der Waals surface area contributed by atoms with E-state index in [1.165, 1.54) is 0 Å². The average Bonchev–Trinajstić information content (AvgIpc) is 2.52. The molecule has 0 aliphatic rings. The van der Waals surface area contributed by atoms with E-state index in [1.807, 2.05) is 0 Å². The molecule has 0 unspecified atom stereocenters. The van der Waals surface area contributed by atoms with Crippen LogP contribution >= 0.6 is 15.9 Å². The Hall–Kier alpha value is -2.49. The Bertz CT molecular complexity index is 704. The maximum Gasteiger partial charge on any atom is 0.354 e. The second kappa shape index (κ2) is 7.68. The van der Waals surface area contributed by atoms with E-state index in [9.17, 15) is 23.2 Å². The van der Waals surface area contributed by atoms with Crippen LogP contribution in [-0.2, 0) is 19.1 Å². The van der Waals surface area contributed by atoms with Gasteiger partial charge >= 0.3 is 17.9 Å². The van der Waals surface area contributed by atoms with Gasteiger partial charge in [0.15, 0.2) is 11.6 Å². The molecule has 0 saturated carbocycles. The minimum absolute atomic E-state index is 0.187. The first-order valence-corrected chi connectivity index (χ1v) is 6.58. The molecule has 0 bridgehead atoms. The van der Waals surface area contributed by atoms with Crippen LogP contribution in [0, 0.1) is 11.6 Å². The first-order valence-electron chi connectivity index (χ1n) is 5.78. The molecule has 0 aliphatic heterocycles. The van der Waals surface area contributed by atoms with Gasteiger partial charge in [-0.2, -0.15) is 0 Å². The van der Waals surface area contributed by atoms with E-state index in [1.54, 1.807) is 0 Å². The van der Waals surface area contributed by atoms with Crippen LogP contribution in [0.3, 0.4) is 0 Å². The van der Waals surface area contributed by atoms with E-state index in [2.05, 4.69) is 30.7 Å². The lowest BCUT2D eigenvalue weighted by Crippen LogP contribution is -2.17. The highest BCUT2D eigenvalue weighted by Crippen LogP contribution is 2.31. The van der Waals surface area contributed by atoms with Crippen molar-refractivity contribution in [1.82, 2.24) is 0 Å². The lowest BCUT2D eigenvalue weighted by atomic mass is 10.1. The number of carbonyl (C=O) groups excluding carboxylic acids is 2. The van der Waals surface area contributed by atoms with E-state index >= 15 is 0 Å². The minimum Gasteiger partial charge on any atom is -0.478 e.